The number of non-ortho nitro benzene ring substituents is 1. The summed E-state index contributed by atoms with van der Waals surface area (Å²) in [5.41, 5.74) is 1.34. The Labute approximate surface area is 163 Å². The highest BCUT2D eigenvalue weighted by Crippen LogP contribution is 2.31. The van der Waals surface area contributed by atoms with E-state index in [0.29, 0.717) is 35.0 Å². The first-order valence-corrected chi connectivity index (χ1v) is 8.99. The fourth-order valence-electron chi connectivity index (χ4n) is 2.39. The van der Waals surface area contributed by atoms with Gasteiger partial charge in [-0.1, -0.05) is 6.92 Å². The summed E-state index contributed by atoms with van der Waals surface area (Å²) in [7, 11) is 0. The molecule has 28 heavy (non-hydrogen) atoms. The Kier molecular flexibility index (Phi) is 5.59. The van der Waals surface area contributed by atoms with Crippen molar-refractivity contribution in [3.8, 4) is 11.3 Å². The van der Waals surface area contributed by atoms with Gasteiger partial charge in [-0.05, 0) is 42.4 Å². The Morgan fingerprint density at radius 1 is 1.29 bits per heavy atom. The summed E-state index contributed by atoms with van der Waals surface area (Å²) in [5, 5.41) is 28.0. The third kappa shape index (κ3) is 4.29. The topological polar surface area (TPSA) is 132 Å². The van der Waals surface area contributed by atoms with E-state index in [9.17, 15) is 20.0 Å². The molecule has 0 saturated heterocycles. The zero-order valence-corrected chi connectivity index (χ0v) is 15.7. The maximum Gasteiger partial charge on any atom is 0.342 e. The SMILES string of the molecule is CCc1nnc(S/C(=C/c2ccc(-c3ccc([N+](=O)[O-])cc3C)o2)C(=O)O)o1. The van der Waals surface area contributed by atoms with Crippen LogP contribution in [0.5, 0.6) is 0 Å². The van der Waals surface area contributed by atoms with Crippen LogP contribution in [0.15, 0.2) is 49.3 Å². The number of carboxylic acids is 1. The first-order chi connectivity index (χ1) is 13.4. The van der Waals surface area contributed by atoms with Crippen molar-refractivity contribution in [2.45, 2.75) is 25.5 Å². The normalized spacial score (nSPS) is 11.6. The van der Waals surface area contributed by atoms with Crippen molar-refractivity contribution in [3.05, 3.63) is 62.6 Å². The molecule has 144 valence electrons. The molecule has 0 radical (unpaired) electrons. The average Bonchev–Trinajstić information content (AvgIpc) is 3.30. The quantitative estimate of drug-likeness (QED) is 0.266. The van der Waals surface area contributed by atoms with Crippen LogP contribution < -0.4 is 0 Å². The molecule has 1 aromatic carbocycles. The molecule has 1 N–H and O–H groups in total. The number of aliphatic carboxylic acids is 1. The molecule has 0 aliphatic heterocycles. The molecular formula is C18H15N3O6S. The Hall–Kier alpha value is -3.40. The molecule has 3 rings (SSSR count). The number of furan rings is 1. The van der Waals surface area contributed by atoms with Gasteiger partial charge in [0.25, 0.3) is 10.9 Å². The Morgan fingerprint density at radius 2 is 2.07 bits per heavy atom. The molecule has 0 aliphatic rings. The number of hydrogen-bond donors (Lipinski definition) is 1. The number of nitro groups is 1. The monoisotopic (exact) mass is 401 g/mol. The average molecular weight is 401 g/mol. The number of rotatable bonds is 7. The van der Waals surface area contributed by atoms with E-state index in [-0.39, 0.29) is 15.8 Å². The van der Waals surface area contributed by atoms with Gasteiger partial charge in [-0.3, -0.25) is 10.1 Å². The summed E-state index contributed by atoms with van der Waals surface area (Å²) in [6, 6.07) is 7.72. The number of aromatic nitrogens is 2. The number of nitro benzene ring substituents is 1. The molecule has 0 bridgehead atoms. The van der Waals surface area contributed by atoms with Crippen molar-refractivity contribution in [2.75, 3.05) is 0 Å². The zero-order valence-electron chi connectivity index (χ0n) is 14.9. The molecule has 10 heteroatoms. The summed E-state index contributed by atoms with van der Waals surface area (Å²) in [6.45, 7) is 3.58. The lowest BCUT2D eigenvalue weighted by molar-refractivity contribution is -0.384. The minimum Gasteiger partial charge on any atom is -0.477 e. The molecule has 2 aromatic heterocycles. The molecule has 9 nitrogen and oxygen atoms in total. The van der Waals surface area contributed by atoms with Crippen LogP contribution in [-0.4, -0.2) is 26.2 Å². The lowest BCUT2D eigenvalue weighted by atomic mass is 10.1. The van der Waals surface area contributed by atoms with Crippen molar-refractivity contribution in [1.29, 1.82) is 0 Å². The van der Waals surface area contributed by atoms with E-state index < -0.39 is 10.9 Å². The molecule has 0 spiro atoms. The van der Waals surface area contributed by atoms with Gasteiger partial charge in [0.15, 0.2) is 0 Å². The van der Waals surface area contributed by atoms with Crippen molar-refractivity contribution >= 4 is 29.5 Å². The number of aryl methyl sites for hydroxylation is 2. The molecule has 0 unspecified atom stereocenters. The third-order valence-corrected chi connectivity index (χ3v) is 4.60. The van der Waals surface area contributed by atoms with Crippen LogP contribution in [0.4, 0.5) is 5.69 Å². The van der Waals surface area contributed by atoms with Gasteiger partial charge in [0.05, 0.1) is 4.92 Å². The Morgan fingerprint density at radius 3 is 2.68 bits per heavy atom. The van der Waals surface area contributed by atoms with E-state index in [2.05, 4.69) is 10.2 Å². The highest BCUT2D eigenvalue weighted by atomic mass is 32.2. The molecule has 3 aromatic rings. The van der Waals surface area contributed by atoms with E-state index in [4.69, 9.17) is 8.83 Å². The van der Waals surface area contributed by atoms with Crippen LogP contribution in [-0.2, 0) is 11.2 Å². The van der Waals surface area contributed by atoms with Crippen LogP contribution in [0.25, 0.3) is 17.4 Å². The Bertz CT molecular complexity index is 1070. The predicted octanol–water partition coefficient (Wildman–Crippen LogP) is 4.33. The van der Waals surface area contributed by atoms with Crippen LogP contribution >= 0.6 is 11.8 Å². The second kappa shape index (κ2) is 8.09. The molecule has 0 fully saturated rings. The molecular weight excluding hydrogens is 386 g/mol. The molecule has 0 saturated carbocycles. The summed E-state index contributed by atoms with van der Waals surface area (Å²) in [5.74, 6) is 0.0409. The number of thioether (sulfide) groups is 1. The predicted molar refractivity (Wildman–Crippen MR) is 101 cm³/mol. The third-order valence-electron chi connectivity index (χ3n) is 3.75. The van der Waals surface area contributed by atoms with Crippen LogP contribution in [0.3, 0.4) is 0 Å². The van der Waals surface area contributed by atoms with Crippen molar-refractivity contribution < 1.29 is 23.7 Å². The zero-order chi connectivity index (χ0) is 20.3. The van der Waals surface area contributed by atoms with Crippen LogP contribution in [0.2, 0.25) is 0 Å². The van der Waals surface area contributed by atoms with Gasteiger partial charge in [0.1, 0.15) is 16.4 Å². The van der Waals surface area contributed by atoms with Gasteiger partial charge in [-0.15, -0.1) is 10.2 Å². The van der Waals surface area contributed by atoms with E-state index in [0.717, 1.165) is 11.8 Å². The summed E-state index contributed by atoms with van der Waals surface area (Å²) in [6.07, 6.45) is 1.91. The van der Waals surface area contributed by atoms with Gasteiger partial charge < -0.3 is 13.9 Å². The molecule has 2 heterocycles. The number of nitrogens with zero attached hydrogens (tertiary/aromatic N) is 3. The van der Waals surface area contributed by atoms with Crippen molar-refractivity contribution in [2.24, 2.45) is 0 Å². The Balaban J connectivity index is 1.86. The first-order valence-electron chi connectivity index (χ1n) is 8.18. The smallest absolute Gasteiger partial charge is 0.342 e. The second-order valence-electron chi connectivity index (χ2n) is 5.69. The summed E-state index contributed by atoms with van der Waals surface area (Å²) in [4.78, 5) is 21.9. The fourth-order valence-corrected chi connectivity index (χ4v) is 3.06. The van der Waals surface area contributed by atoms with Gasteiger partial charge in [0.2, 0.25) is 5.89 Å². The summed E-state index contributed by atoms with van der Waals surface area (Å²) >= 11 is 0.828. The number of carbonyl (C=O) groups is 1. The van der Waals surface area contributed by atoms with Crippen LogP contribution in [0, 0.1) is 17.0 Å². The van der Waals surface area contributed by atoms with E-state index in [1.165, 1.54) is 18.2 Å². The highest BCUT2D eigenvalue weighted by molar-refractivity contribution is 8.03. The minimum absolute atomic E-state index is 0.0107. The molecule has 0 amide bonds. The number of carboxylic acid groups (broad SMARTS) is 1. The van der Waals surface area contributed by atoms with Crippen LogP contribution in [0.1, 0.15) is 24.1 Å². The van der Waals surface area contributed by atoms with Gasteiger partial charge in [-0.2, -0.15) is 0 Å². The van der Waals surface area contributed by atoms with Crippen molar-refractivity contribution in [1.82, 2.24) is 10.2 Å². The lowest BCUT2D eigenvalue weighted by Crippen LogP contribution is -1.96. The van der Waals surface area contributed by atoms with E-state index in [1.807, 2.05) is 6.92 Å². The highest BCUT2D eigenvalue weighted by Gasteiger charge is 2.17. The summed E-state index contributed by atoms with van der Waals surface area (Å²) < 4.78 is 11.0. The lowest BCUT2D eigenvalue weighted by Gasteiger charge is -2.02. The number of hydrogen-bond acceptors (Lipinski definition) is 8. The number of benzene rings is 1. The largest absolute Gasteiger partial charge is 0.477 e. The van der Waals surface area contributed by atoms with Crippen molar-refractivity contribution in [3.63, 3.8) is 0 Å². The van der Waals surface area contributed by atoms with Gasteiger partial charge >= 0.3 is 5.97 Å². The molecule has 0 aliphatic carbocycles. The maximum absolute atomic E-state index is 11.5. The molecule has 0 atom stereocenters. The first kappa shape index (κ1) is 19.4. The second-order valence-corrected chi connectivity index (χ2v) is 6.68. The van der Waals surface area contributed by atoms with Gasteiger partial charge in [0, 0.05) is 30.2 Å². The fraction of sp³-hybridized carbons (Fsp3) is 0.167. The van der Waals surface area contributed by atoms with Gasteiger partial charge in [-0.25, -0.2) is 4.79 Å². The minimum atomic E-state index is -1.16. The van der Waals surface area contributed by atoms with E-state index in [1.54, 1.807) is 25.1 Å². The standard InChI is InChI=1S/C18H15N3O6S/c1-3-16-19-20-18(27-16)28-15(17(22)23)9-12-5-7-14(26-12)13-6-4-11(21(24)25)8-10(13)2/h4-9H,3H2,1-2H3,(H,22,23)/b15-9+. The van der Waals surface area contributed by atoms with E-state index >= 15 is 0 Å². The maximum atomic E-state index is 11.5.